The Labute approximate surface area is 133 Å². The molecule has 0 radical (unpaired) electrons. The second-order valence-electron chi connectivity index (χ2n) is 5.69. The fourth-order valence-corrected chi connectivity index (χ4v) is 2.35. The summed E-state index contributed by atoms with van der Waals surface area (Å²) in [5.41, 5.74) is -0.0347. The van der Waals surface area contributed by atoms with Crippen LogP contribution in [0.5, 0.6) is 5.75 Å². The molecule has 1 aromatic heterocycles. The molecule has 1 aliphatic carbocycles. The Morgan fingerprint density at radius 2 is 2.22 bits per heavy atom. The van der Waals surface area contributed by atoms with Crippen molar-refractivity contribution in [3.63, 3.8) is 0 Å². The van der Waals surface area contributed by atoms with Crippen molar-refractivity contribution >= 4 is 5.91 Å². The van der Waals surface area contributed by atoms with E-state index in [9.17, 15) is 10.1 Å². The highest BCUT2D eigenvalue weighted by Crippen LogP contribution is 2.39. The van der Waals surface area contributed by atoms with Gasteiger partial charge in [-0.2, -0.15) is 5.26 Å². The Morgan fingerprint density at radius 1 is 1.48 bits per heavy atom. The highest BCUT2D eigenvalue weighted by Gasteiger charge is 2.43. The third-order valence-corrected chi connectivity index (χ3v) is 3.86. The Bertz CT molecular complexity index is 717. The molecule has 2 aromatic rings. The summed E-state index contributed by atoms with van der Waals surface area (Å²) in [4.78, 5) is 12.0. The number of hydrogen-bond acceptors (Lipinski definition) is 6. The van der Waals surface area contributed by atoms with Gasteiger partial charge >= 0.3 is 0 Å². The van der Waals surface area contributed by atoms with E-state index in [0.29, 0.717) is 11.6 Å². The molecule has 3 rings (SSSR count). The van der Waals surface area contributed by atoms with Crippen LogP contribution in [0, 0.1) is 17.2 Å². The molecule has 1 N–H and O–H groups in total. The Hall–Kier alpha value is -2.88. The third kappa shape index (κ3) is 3.48. The quantitative estimate of drug-likeness (QED) is 0.874. The van der Waals surface area contributed by atoms with Crippen LogP contribution < -0.4 is 10.1 Å². The highest BCUT2D eigenvalue weighted by atomic mass is 16.5. The van der Waals surface area contributed by atoms with Gasteiger partial charge in [-0.3, -0.25) is 4.79 Å². The smallest absolute Gasteiger partial charge is 0.259 e. The first-order chi connectivity index (χ1) is 11.1. The second kappa shape index (κ2) is 6.08. The number of aromatic nitrogens is 2. The average Bonchev–Trinajstić information content (AvgIpc) is 3.29. The van der Waals surface area contributed by atoms with Gasteiger partial charge in [-0.05, 0) is 49.9 Å². The standard InChI is InChI=1S/C16H16N4O3/c1-16(9-17,12-4-5-12)19-14(21)8-22-13-6-2-11(3-7-13)15-20-18-10-23-15/h2-3,6-7,10,12H,4-5,8H2,1H3,(H,19,21)/t16-/m0/s1. The van der Waals surface area contributed by atoms with Crippen LogP contribution in [0.2, 0.25) is 0 Å². The molecule has 1 atom stereocenters. The SMILES string of the molecule is C[C@@](C#N)(NC(=O)COc1ccc(-c2nnco2)cc1)C1CC1. The van der Waals surface area contributed by atoms with E-state index < -0.39 is 5.54 Å². The Balaban J connectivity index is 1.54. The van der Waals surface area contributed by atoms with E-state index in [1.807, 2.05) is 0 Å². The number of nitriles is 1. The number of nitrogens with one attached hydrogen (secondary N) is 1. The molecule has 1 aromatic carbocycles. The van der Waals surface area contributed by atoms with Crippen molar-refractivity contribution in [1.82, 2.24) is 15.5 Å². The zero-order valence-corrected chi connectivity index (χ0v) is 12.7. The molecule has 1 fully saturated rings. The number of nitrogens with zero attached hydrogens (tertiary/aromatic N) is 3. The molecule has 0 unspecified atom stereocenters. The van der Waals surface area contributed by atoms with Gasteiger partial charge in [0.05, 0.1) is 6.07 Å². The molecule has 118 valence electrons. The first kappa shape index (κ1) is 15.0. The number of carbonyl (C=O) groups is 1. The van der Waals surface area contributed by atoms with Crippen molar-refractivity contribution in [3.8, 4) is 23.3 Å². The predicted octanol–water partition coefficient (Wildman–Crippen LogP) is 1.92. The van der Waals surface area contributed by atoms with Gasteiger partial charge in [0.1, 0.15) is 11.3 Å². The van der Waals surface area contributed by atoms with Gasteiger partial charge < -0.3 is 14.5 Å². The van der Waals surface area contributed by atoms with Gasteiger partial charge in [-0.15, -0.1) is 10.2 Å². The maximum Gasteiger partial charge on any atom is 0.259 e. The van der Waals surface area contributed by atoms with E-state index >= 15 is 0 Å². The van der Waals surface area contributed by atoms with Gasteiger partial charge in [-0.1, -0.05) is 0 Å². The molecule has 1 amide bonds. The van der Waals surface area contributed by atoms with Crippen molar-refractivity contribution in [2.24, 2.45) is 5.92 Å². The lowest BCUT2D eigenvalue weighted by Gasteiger charge is -2.22. The summed E-state index contributed by atoms with van der Waals surface area (Å²) in [5.74, 6) is 0.907. The van der Waals surface area contributed by atoms with Crippen LogP contribution in [0.1, 0.15) is 19.8 Å². The number of carbonyl (C=O) groups excluding carboxylic acids is 1. The van der Waals surface area contributed by atoms with E-state index in [1.165, 1.54) is 6.39 Å². The number of benzene rings is 1. The van der Waals surface area contributed by atoms with Crippen molar-refractivity contribution in [1.29, 1.82) is 5.26 Å². The van der Waals surface area contributed by atoms with Crippen LogP contribution >= 0.6 is 0 Å². The Kier molecular flexibility index (Phi) is 3.98. The fraction of sp³-hybridized carbons (Fsp3) is 0.375. The van der Waals surface area contributed by atoms with E-state index in [1.54, 1.807) is 31.2 Å². The highest BCUT2D eigenvalue weighted by molar-refractivity contribution is 5.79. The molecule has 1 aliphatic rings. The Morgan fingerprint density at radius 3 is 2.78 bits per heavy atom. The number of rotatable bonds is 6. The van der Waals surface area contributed by atoms with Crippen LogP contribution in [-0.2, 0) is 4.79 Å². The fourth-order valence-electron chi connectivity index (χ4n) is 2.35. The van der Waals surface area contributed by atoms with Crippen molar-refractivity contribution in [3.05, 3.63) is 30.7 Å². The maximum absolute atomic E-state index is 12.0. The normalized spacial score (nSPS) is 16.2. The summed E-state index contributed by atoms with van der Waals surface area (Å²) in [7, 11) is 0. The molecule has 7 nitrogen and oxygen atoms in total. The van der Waals surface area contributed by atoms with E-state index in [0.717, 1.165) is 18.4 Å². The molecular formula is C16H16N4O3. The molecule has 1 heterocycles. The van der Waals surface area contributed by atoms with E-state index in [2.05, 4.69) is 21.6 Å². The van der Waals surface area contributed by atoms with Crippen LogP contribution in [0.4, 0.5) is 0 Å². The summed E-state index contributed by atoms with van der Waals surface area (Å²) < 4.78 is 10.5. The topological polar surface area (TPSA) is 101 Å². The van der Waals surface area contributed by atoms with Crippen molar-refractivity contribution in [2.45, 2.75) is 25.3 Å². The van der Waals surface area contributed by atoms with Gasteiger partial charge in [0.25, 0.3) is 5.91 Å². The zero-order valence-electron chi connectivity index (χ0n) is 12.7. The van der Waals surface area contributed by atoms with Crippen molar-refractivity contribution < 1.29 is 13.9 Å². The second-order valence-corrected chi connectivity index (χ2v) is 5.69. The molecule has 0 saturated heterocycles. The first-order valence-electron chi connectivity index (χ1n) is 7.32. The summed E-state index contributed by atoms with van der Waals surface area (Å²) in [5, 5.41) is 19.4. The van der Waals surface area contributed by atoms with Crippen LogP contribution in [0.3, 0.4) is 0 Å². The molecule has 23 heavy (non-hydrogen) atoms. The van der Waals surface area contributed by atoms with E-state index in [-0.39, 0.29) is 18.4 Å². The minimum absolute atomic E-state index is 0.135. The third-order valence-electron chi connectivity index (χ3n) is 3.86. The van der Waals surface area contributed by atoms with Crippen LogP contribution in [0.15, 0.2) is 35.1 Å². The van der Waals surface area contributed by atoms with Gasteiger partial charge in [0.2, 0.25) is 12.3 Å². The monoisotopic (exact) mass is 312 g/mol. The molecule has 7 heteroatoms. The largest absolute Gasteiger partial charge is 0.484 e. The van der Waals surface area contributed by atoms with Gasteiger partial charge in [-0.25, -0.2) is 0 Å². The molecule has 0 spiro atoms. The summed E-state index contributed by atoms with van der Waals surface area (Å²) in [6.07, 6.45) is 3.21. The molecule has 0 bridgehead atoms. The summed E-state index contributed by atoms with van der Waals surface area (Å²) >= 11 is 0. The lowest BCUT2D eigenvalue weighted by molar-refractivity contribution is -0.124. The summed E-state index contributed by atoms with van der Waals surface area (Å²) in [6, 6.07) is 9.16. The predicted molar refractivity (Wildman–Crippen MR) is 80.1 cm³/mol. The first-order valence-corrected chi connectivity index (χ1v) is 7.32. The maximum atomic E-state index is 12.0. The zero-order chi connectivity index (χ0) is 16.3. The lowest BCUT2D eigenvalue weighted by atomic mass is 9.98. The lowest BCUT2D eigenvalue weighted by Crippen LogP contribution is -2.48. The number of ether oxygens (including phenoxy) is 1. The minimum atomic E-state index is -0.803. The van der Waals surface area contributed by atoms with Crippen LogP contribution in [-0.4, -0.2) is 28.3 Å². The summed E-state index contributed by atoms with van der Waals surface area (Å²) in [6.45, 7) is 1.62. The molecule has 0 aliphatic heterocycles. The van der Waals surface area contributed by atoms with Crippen LogP contribution in [0.25, 0.3) is 11.5 Å². The van der Waals surface area contributed by atoms with Gasteiger partial charge in [0.15, 0.2) is 6.61 Å². The average molecular weight is 312 g/mol. The molecular weight excluding hydrogens is 296 g/mol. The number of hydrogen-bond donors (Lipinski definition) is 1. The van der Waals surface area contributed by atoms with E-state index in [4.69, 9.17) is 9.15 Å². The minimum Gasteiger partial charge on any atom is -0.484 e. The molecule has 1 saturated carbocycles. The number of amides is 1. The van der Waals surface area contributed by atoms with Crippen molar-refractivity contribution in [2.75, 3.05) is 6.61 Å². The van der Waals surface area contributed by atoms with Gasteiger partial charge in [0, 0.05) is 5.56 Å².